The maximum Gasteiger partial charge on any atom is 0.319 e. The number of carbonyl (C=O) groups excluding carboxylic acids is 2. The van der Waals surface area contributed by atoms with Crippen LogP contribution in [0, 0.1) is 29.1 Å². The Labute approximate surface area is 245 Å². The van der Waals surface area contributed by atoms with Crippen LogP contribution in [0.2, 0.25) is 0 Å². The lowest BCUT2D eigenvalue weighted by Gasteiger charge is -2.56. The number of ether oxygens (including phenoxy) is 4. The topological polar surface area (TPSA) is 71.1 Å². The predicted molar refractivity (Wildman–Crippen MR) is 159 cm³/mol. The van der Waals surface area contributed by atoms with E-state index >= 15 is 0 Å². The minimum Gasteiger partial charge on any atom is -0.489 e. The molecule has 1 spiro atoms. The van der Waals surface area contributed by atoms with Crippen LogP contribution in [0.15, 0.2) is 66.7 Å². The van der Waals surface area contributed by atoms with E-state index in [9.17, 15) is 9.59 Å². The highest BCUT2D eigenvalue weighted by Gasteiger charge is 2.63. The van der Waals surface area contributed by atoms with Crippen LogP contribution in [0.5, 0.6) is 5.75 Å². The van der Waals surface area contributed by atoms with E-state index in [1.54, 1.807) is 7.11 Å². The highest BCUT2D eigenvalue weighted by molar-refractivity contribution is 6.02. The third-order valence-electron chi connectivity index (χ3n) is 9.21. The molecule has 1 heterocycles. The smallest absolute Gasteiger partial charge is 0.319 e. The molecule has 1 fully saturated rings. The van der Waals surface area contributed by atoms with Gasteiger partial charge in [-0.1, -0.05) is 89.2 Å². The second-order valence-electron chi connectivity index (χ2n) is 12.6. The third kappa shape index (κ3) is 6.44. The fourth-order valence-corrected chi connectivity index (χ4v) is 6.83. The van der Waals surface area contributed by atoms with Crippen molar-refractivity contribution in [2.24, 2.45) is 29.1 Å². The van der Waals surface area contributed by atoms with Gasteiger partial charge < -0.3 is 18.9 Å². The summed E-state index contributed by atoms with van der Waals surface area (Å²) >= 11 is 0. The van der Waals surface area contributed by atoms with Gasteiger partial charge in [0.15, 0.2) is 5.78 Å². The molecule has 6 nitrogen and oxygen atoms in total. The molecule has 0 saturated heterocycles. The van der Waals surface area contributed by atoms with Gasteiger partial charge in [-0.2, -0.15) is 0 Å². The van der Waals surface area contributed by atoms with Crippen molar-refractivity contribution >= 4 is 11.8 Å². The zero-order chi connectivity index (χ0) is 29.8. The van der Waals surface area contributed by atoms with E-state index < -0.39 is 22.9 Å². The largest absolute Gasteiger partial charge is 0.489 e. The minimum atomic E-state index is -1.04. The number of esters is 1. The molecule has 0 unspecified atom stereocenters. The van der Waals surface area contributed by atoms with Gasteiger partial charge in [-0.05, 0) is 53.9 Å². The van der Waals surface area contributed by atoms with Crippen molar-refractivity contribution in [3.63, 3.8) is 0 Å². The van der Waals surface area contributed by atoms with Gasteiger partial charge in [0.25, 0.3) is 0 Å². The highest BCUT2D eigenvalue weighted by atomic mass is 16.5. The lowest BCUT2D eigenvalue weighted by atomic mass is 9.55. The molecule has 222 valence electrons. The summed E-state index contributed by atoms with van der Waals surface area (Å²) in [6.07, 6.45) is 6.14. The van der Waals surface area contributed by atoms with Gasteiger partial charge in [0.05, 0.1) is 19.3 Å². The molecule has 0 N–H and O–H groups in total. The Bertz CT molecular complexity index is 1220. The highest BCUT2D eigenvalue weighted by Crippen LogP contribution is 2.54. The van der Waals surface area contributed by atoms with Crippen LogP contribution in [0.25, 0.3) is 0 Å². The van der Waals surface area contributed by atoms with Crippen LogP contribution >= 0.6 is 0 Å². The first kappa shape index (κ1) is 31.0. The van der Waals surface area contributed by atoms with Crippen LogP contribution in [0.1, 0.15) is 71.1 Å². The maximum atomic E-state index is 13.4. The van der Waals surface area contributed by atoms with Crippen molar-refractivity contribution in [1.82, 2.24) is 0 Å². The Kier molecular flexibility index (Phi) is 9.76. The Hall–Kier alpha value is -2.96. The second-order valence-corrected chi connectivity index (χ2v) is 12.6. The minimum absolute atomic E-state index is 0.0995. The maximum absolute atomic E-state index is 13.4. The van der Waals surface area contributed by atoms with Crippen molar-refractivity contribution in [2.75, 3.05) is 14.2 Å². The number of ketones is 1. The molecule has 4 rings (SSSR count). The molecule has 0 radical (unpaired) electrons. The summed E-state index contributed by atoms with van der Waals surface area (Å²) in [5, 5.41) is 0. The summed E-state index contributed by atoms with van der Waals surface area (Å²) in [6.45, 7) is 10.9. The lowest BCUT2D eigenvalue weighted by molar-refractivity contribution is -0.215. The summed E-state index contributed by atoms with van der Waals surface area (Å²) < 4.78 is 24.1. The first-order valence-electron chi connectivity index (χ1n) is 14.8. The zero-order valence-corrected chi connectivity index (χ0v) is 25.6. The Morgan fingerprint density at radius 2 is 1.78 bits per heavy atom. The van der Waals surface area contributed by atoms with Gasteiger partial charge in [0, 0.05) is 18.9 Å². The third-order valence-corrected chi connectivity index (χ3v) is 9.21. The molecule has 1 saturated carbocycles. The fourth-order valence-electron chi connectivity index (χ4n) is 6.83. The molecule has 6 heteroatoms. The normalized spacial score (nSPS) is 28.7. The van der Waals surface area contributed by atoms with Crippen molar-refractivity contribution in [3.05, 3.63) is 77.9 Å². The van der Waals surface area contributed by atoms with Crippen molar-refractivity contribution in [3.8, 4) is 5.75 Å². The van der Waals surface area contributed by atoms with Gasteiger partial charge in [0.2, 0.25) is 0 Å². The number of carbonyl (C=O) groups is 2. The number of rotatable bonds is 10. The molecule has 1 aliphatic carbocycles. The lowest BCUT2D eigenvalue weighted by Crippen LogP contribution is -2.65. The Balaban J connectivity index is 1.47. The average molecular weight is 563 g/mol. The van der Waals surface area contributed by atoms with E-state index in [0.717, 1.165) is 29.7 Å². The van der Waals surface area contributed by atoms with Gasteiger partial charge in [-0.25, -0.2) is 0 Å². The molecule has 7 atom stereocenters. The summed E-state index contributed by atoms with van der Waals surface area (Å²) in [5.41, 5.74) is 0.719. The van der Waals surface area contributed by atoms with Crippen LogP contribution < -0.4 is 4.74 Å². The summed E-state index contributed by atoms with van der Waals surface area (Å²) in [5.74, 6) is -0.730. The summed E-state index contributed by atoms with van der Waals surface area (Å²) in [7, 11) is 3.08. The Morgan fingerprint density at radius 3 is 2.46 bits per heavy atom. The zero-order valence-electron chi connectivity index (χ0n) is 25.6. The summed E-state index contributed by atoms with van der Waals surface area (Å²) in [6, 6.07) is 18.2. The molecular formula is C35H46O6. The van der Waals surface area contributed by atoms with Gasteiger partial charge in [-0.15, -0.1) is 0 Å². The van der Waals surface area contributed by atoms with E-state index in [2.05, 4.69) is 58.0 Å². The van der Waals surface area contributed by atoms with E-state index in [0.29, 0.717) is 13.0 Å². The number of methoxy groups -OCH3 is 2. The first-order chi connectivity index (χ1) is 19.5. The monoisotopic (exact) mass is 562 g/mol. The number of Topliss-reactive ketones (excluding diaryl/α,β-unsaturated/α-hetero) is 1. The Morgan fingerprint density at radius 1 is 1.05 bits per heavy atom. The molecule has 1 aliphatic heterocycles. The standard InChI is InChI=1S/C35H46O6/c1-23(16-17-29(38-6)27-14-11-15-28(20-27)40-22-26-12-9-8-10-13-26)32-24(2)18-19-35(41-32)30(33(37)39-7)31(36)25(3)21-34(35,4)5/h8-15,18-20,23-25,29-30,32H,16-17,21-22H2,1-7H3/t23-,24-,25+,29-,30-,32+,35-/m0/s1. The molecule has 0 aromatic heterocycles. The quantitative estimate of drug-likeness (QED) is 0.174. The van der Waals surface area contributed by atoms with Gasteiger partial charge >= 0.3 is 5.97 Å². The van der Waals surface area contributed by atoms with Gasteiger partial charge in [-0.3, -0.25) is 9.59 Å². The first-order valence-corrected chi connectivity index (χ1v) is 14.8. The summed E-state index contributed by atoms with van der Waals surface area (Å²) in [4.78, 5) is 26.4. The molecule has 41 heavy (non-hydrogen) atoms. The van der Waals surface area contributed by atoms with Crippen LogP contribution in [-0.2, 0) is 30.4 Å². The number of hydrogen-bond acceptors (Lipinski definition) is 6. The fraction of sp³-hybridized carbons (Fsp3) is 0.543. The van der Waals surface area contributed by atoms with Crippen molar-refractivity contribution in [1.29, 1.82) is 0 Å². The molecule has 2 aromatic carbocycles. The SMILES string of the molecule is COC(=O)[C@@H]1C(=O)[C@H](C)CC(C)(C)[C@]12C=C[C@H](C)[C@@H]([C@@H](C)CC[C@H](OC)c1cccc(OCc3ccccc3)c1)O2. The predicted octanol–water partition coefficient (Wildman–Crippen LogP) is 7.12. The van der Waals surface area contributed by atoms with Crippen molar-refractivity contribution in [2.45, 2.75) is 78.3 Å². The van der Waals surface area contributed by atoms with Crippen LogP contribution in [0.4, 0.5) is 0 Å². The van der Waals surface area contributed by atoms with E-state index in [1.807, 2.05) is 43.3 Å². The van der Waals surface area contributed by atoms with Crippen LogP contribution in [-0.4, -0.2) is 37.7 Å². The van der Waals surface area contributed by atoms with Gasteiger partial charge in [0.1, 0.15) is 23.9 Å². The second kappa shape index (κ2) is 12.9. The molecule has 0 bridgehead atoms. The van der Waals surface area contributed by atoms with E-state index in [1.165, 1.54) is 7.11 Å². The van der Waals surface area contributed by atoms with Crippen molar-refractivity contribution < 1.29 is 28.5 Å². The number of hydrogen-bond donors (Lipinski definition) is 0. The molecule has 2 aromatic rings. The average Bonchev–Trinajstić information content (AvgIpc) is 2.97. The van der Waals surface area contributed by atoms with E-state index in [-0.39, 0.29) is 35.7 Å². The van der Waals surface area contributed by atoms with Crippen LogP contribution in [0.3, 0.4) is 0 Å². The molecular weight excluding hydrogens is 516 g/mol. The molecule has 2 aliphatic rings. The molecule has 0 amide bonds. The number of benzene rings is 2. The van der Waals surface area contributed by atoms with E-state index in [4.69, 9.17) is 18.9 Å².